The van der Waals surface area contributed by atoms with E-state index in [9.17, 15) is 8.42 Å². The standard InChI is InChI=1S/C11H14ClNO3S/c1-2-3-4-7-16-10-6-5-9(12)8-11(10)17(13,14)15/h2,5-6,8H,1,3-4,7H2,(H2,13,14,15). The maximum atomic E-state index is 11.3. The first-order valence-corrected chi connectivity index (χ1v) is 6.93. The molecule has 0 aliphatic rings. The van der Waals surface area contributed by atoms with Crippen LogP contribution in [0.25, 0.3) is 0 Å². The summed E-state index contributed by atoms with van der Waals surface area (Å²) in [6.45, 7) is 3.98. The maximum Gasteiger partial charge on any atom is 0.241 e. The third-order valence-electron chi connectivity index (χ3n) is 2.02. The van der Waals surface area contributed by atoms with Gasteiger partial charge in [-0.2, -0.15) is 0 Å². The van der Waals surface area contributed by atoms with Crippen LogP contribution in [0.3, 0.4) is 0 Å². The predicted octanol–water partition coefficient (Wildman–Crippen LogP) is 2.33. The Morgan fingerprint density at radius 2 is 2.18 bits per heavy atom. The van der Waals surface area contributed by atoms with E-state index in [4.69, 9.17) is 21.5 Å². The molecule has 6 heteroatoms. The molecule has 1 aromatic carbocycles. The van der Waals surface area contributed by atoms with Gasteiger partial charge in [0.05, 0.1) is 6.61 Å². The van der Waals surface area contributed by atoms with Crippen LogP contribution in [0, 0.1) is 0 Å². The van der Waals surface area contributed by atoms with Gasteiger partial charge in [-0.1, -0.05) is 17.7 Å². The van der Waals surface area contributed by atoms with Gasteiger partial charge < -0.3 is 4.74 Å². The Labute approximate surface area is 106 Å². The lowest BCUT2D eigenvalue weighted by Crippen LogP contribution is -2.14. The number of nitrogens with two attached hydrogens (primary N) is 1. The number of hydrogen-bond acceptors (Lipinski definition) is 3. The highest BCUT2D eigenvalue weighted by Gasteiger charge is 2.15. The lowest BCUT2D eigenvalue weighted by Gasteiger charge is -2.09. The molecular weight excluding hydrogens is 262 g/mol. The molecule has 1 rings (SSSR count). The second-order valence-corrected chi connectivity index (χ2v) is 5.38. The van der Waals surface area contributed by atoms with Crippen molar-refractivity contribution >= 4 is 21.6 Å². The molecule has 0 heterocycles. The Hall–Kier alpha value is -1.04. The molecule has 94 valence electrons. The van der Waals surface area contributed by atoms with Gasteiger partial charge in [-0.25, -0.2) is 13.6 Å². The summed E-state index contributed by atoms with van der Waals surface area (Å²) in [6.07, 6.45) is 3.33. The minimum absolute atomic E-state index is 0.0939. The van der Waals surface area contributed by atoms with Gasteiger partial charge in [-0.05, 0) is 31.0 Å². The van der Waals surface area contributed by atoms with E-state index in [1.165, 1.54) is 12.1 Å². The molecular formula is C11H14ClNO3S. The average Bonchev–Trinajstić information content (AvgIpc) is 2.25. The predicted molar refractivity (Wildman–Crippen MR) is 67.8 cm³/mol. The van der Waals surface area contributed by atoms with Gasteiger partial charge in [-0.15, -0.1) is 6.58 Å². The van der Waals surface area contributed by atoms with Crippen LogP contribution in [0.15, 0.2) is 35.7 Å². The zero-order chi connectivity index (χ0) is 12.9. The SMILES string of the molecule is C=CCCCOc1ccc(Cl)cc1S(N)(=O)=O. The second kappa shape index (κ2) is 6.05. The third-order valence-corrected chi connectivity index (χ3v) is 3.19. The highest BCUT2D eigenvalue weighted by atomic mass is 35.5. The summed E-state index contributed by atoms with van der Waals surface area (Å²) in [6, 6.07) is 4.33. The summed E-state index contributed by atoms with van der Waals surface area (Å²) < 4.78 is 28.0. The Kier molecular flexibility index (Phi) is 4.99. The summed E-state index contributed by atoms with van der Waals surface area (Å²) in [5, 5.41) is 5.37. The summed E-state index contributed by atoms with van der Waals surface area (Å²) in [5.41, 5.74) is 0. The summed E-state index contributed by atoms with van der Waals surface area (Å²) >= 11 is 5.72. The fourth-order valence-corrected chi connectivity index (χ4v) is 2.17. The van der Waals surface area contributed by atoms with E-state index < -0.39 is 10.0 Å². The molecule has 1 aromatic rings. The van der Waals surface area contributed by atoms with Crippen LogP contribution < -0.4 is 9.88 Å². The molecule has 0 radical (unpaired) electrons. The lowest BCUT2D eigenvalue weighted by atomic mass is 10.3. The number of ether oxygens (including phenoxy) is 1. The molecule has 2 N–H and O–H groups in total. The molecule has 0 saturated heterocycles. The first kappa shape index (κ1) is 14.0. The largest absolute Gasteiger partial charge is 0.492 e. The number of sulfonamides is 1. The number of hydrogen-bond donors (Lipinski definition) is 1. The van der Waals surface area contributed by atoms with E-state index >= 15 is 0 Å². The Morgan fingerprint density at radius 3 is 2.76 bits per heavy atom. The topological polar surface area (TPSA) is 69.4 Å². The van der Waals surface area contributed by atoms with Crippen molar-refractivity contribution in [1.82, 2.24) is 0 Å². The van der Waals surface area contributed by atoms with Crippen LogP contribution in [0.2, 0.25) is 5.02 Å². The fourth-order valence-electron chi connectivity index (χ4n) is 1.23. The fraction of sp³-hybridized carbons (Fsp3) is 0.273. The van der Waals surface area contributed by atoms with Gasteiger partial charge in [0.2, 0.25) is 10.0 Å². The average molecular weight is 276 g/mol. The molecule has 0 aromatic heterocycles. The smallest absolute Gasteiger partial charge is 0.241 e. The minimum atomic E-state index is -3.83. The van der Waals surface area contributed by atoms with Gasteiger partial charge in [-0.3, -0.25) is 0 Å². The van der Waals surface area contributed by atoms with Crippen LogP contribution in [-0.2, 0) is 10.0 Å². The lowest BCUT2D eigenvalue weighted by molar-refractivity contribution is 0.304. The van der Waals surface area contributed by atoms with Crippen LogP contribution in [0.5, 0.6) is 5.75 Å². The van der Waals surface area contributed by atoms with Gasteiger partial charge in [0.25, 0.3) is 0 Å². The quantitative estimate of drug-likeness (QED) is 0.640. The third kappa shape index (κ3) is 4.38. The van der Waals surface area contributed by atoms with E-state index in [-0.39, 0.29) is 10.6 Å². The molecule has 0 fully saturated rings. The molecule has 0 bridgehead atoms. The number of benzene rings is 1. The summed E-state index contributed by atoms with van der Waals surface area (Å²) in [4.78, 5) is -0.0939. The Bertz CT molecular complexity index is 499. The van der Waals surface area contributed by atoms with Crippen molar-refractivity contribution in [2.24, 2.45) is 5.14 Å². The van der Waals surface area contributed by atoms with Crippen molar-refractivity contribution in [2.45, 2.75) is 17.7 Å². The zero-order valence-corrected chi connectivity index (χ0v) is 10.8. The zero-order valence-electron chi connectivity index (χ0n) is 9.23. The van der Waals surface area contributed by atoms with Crippen molar-refractivity contribution in [3.05, 3.63) is 35.9 Å². The van der Waals surface area contributed by atoms with Crippen molar-refractivity contribution in [3.8, 4) is 5.75 Å². The number of unbranched alkanes of at least 4 members (excludes halogenated alkanes) is 1. The van der Waals surface area contributed by atoms with Crippen molar-refractivity contribution in [1.29, 1.82) is 0 Å². The van der Waals surface area contributed by atoms with Gasteiger partial charge in [0, 0.05) is 5.02 Å². The van der Waals surface area contributed by atoms with E-state index in [1.807, 2.05) is 0 Å². The summed E-state index contributed by atoms with van der Waals surface area (Å²) in [5.74, 6) is 0.223. The van der Waals surface area contributed by atoms with Gasteiger partial charge in [0.1, 0.15) is 10.6 Å². The number of allylic oxidation sites excluding steroid dienone is 1. The van der Waals surface area contributed by atoms with Crippen LogP contribution in [-0.4, -0.2) is 15.0 Å². The molecule has 4 nitrogen and oxygen atoms in total. The second-order valence-electron chi connectivity index (χ2n) is 3.42. The Morgan fingerprint density at radius 1 is 1.47 bits per heavy atom. The van der Waals surface area contributed by atoms with Crippen LogP contribution in [0.1, 0.15) is 12.8 Å². The molecule has 0 unspecified atom stereocenters. The normalized spacial score (nSPS) is 11.2. The van der Waals surface area contributed by atoms with Crippen LogP contribution in [0.4, 0.5) is 0 Å². The highest BCUT2D eigenvalue weighted by molar-refractivity contribution is 7.89. The minimum Gasteiger partial charge on any atom is -0.492 e. The molecule has 17 heavy (non-hydrogen) atoms. The van der Waals surface area contributed by atoms with E-state index in [0.29, 0.717) is 11.6 Å². The Balaban J connectivity index is 2.88. The molecule has 0 aliphatic carbocycles. The van der Waals surface area contributed by atoms with Crippen molar-refractivity contribution in [3.63, 3.8) is 0 Å². The number of halogens is 1. The highest BCUT2D eigenvalue weighted by Crippen LogP contribution is 2.26. The molecule has 0 saturated carbocycles. The molecule has 0 aliphatic heterocycles. The van der Waals surface area contributed by atoms with Crippen molar-refractivity contribution < 1.29 is 13.2 Å². The molecule has 0 spiro atoms. The summed E-state index contributed by atoms with van der Waals surface area (Å²) in [7, 11) is -3.83. The number of rotatable bonds is 6. The van der Waals surface area contributed by atoms with Crippen LogP contribution >= 0.6 is 11.6 Å². The first-order valence-electron chi connectivity index (χ1n) is 5.01. The van der Waals surface area contributed by atoms with E-state index in [0.717, 1.165) is 12.8 Å². The number of primary sulfonamides is 1. The first-order chi connectivity index (χ1) is 7.95. The van der Waals surface area contributed by atoms with E-state index in [2.05, 4.69) is 6.58 Å². The van der Waals surface area contributed by atoms with Crippen molar-refractivity contribution in [2.75, 3.05) is 6.61 Å². The maximum absolute atomic E-state index is 11.3. The van der Waals surface area contributed by atoms with Gasteiger partial charge >= 0.3 is 0 Å². The van der Waals surface area contributed by atoms with E-state index in [1.54, 1.807) is 12.1 Å². The molecule has 0 atom stereocenters. The molecule has 0 amide bonds. The monoisotopic (exact) mass is 275 g/mol. The van der Waals surface area contributed by atoms with Gasteiger partial charge in [0.15, 0.2) is 0 Å².